The predicted octanol–water partition coefficient (Wildman–Crippen LogP) is 2.30. The summed E-state index contributed by atoms with van der Waals surface area (Å²) in [7, 11) is 2.20. The van der Waals surface area contributed by atoms with Crippen LogP contribution in [0.25, 0.3) is 0 Å². The first-order chi connectivity index (χ1) is 9.17. The third-order valence-electron chi connectivity index (χ3n) is 4.03. The Morgan fingerprint density at radius 1 is 1.37 bits per heavy atom. The number of nitrogens with one attached hydrogen (secondary N) is 1. The van der Waals surface area contributed by atoms with Gasteiger partial charge in [0.1, 0.15) is 0 Å². The summed E-state index contributed by atoms with van der Waals surface area (Å²) in [6, 6.07) is 0.655. The topological polar surface area (TPSA) is 33.1 Å². The van der Waals surface area contributed by atoms with Crippen LogP contribution in [0, 0.1) is 0 Å². The number of aryl methyl sites for hydroxylation is 2. The number of piperidine rings is 1. The molecule has 0 amide bonds. The molecule has 1 aromatic heterocycles. The van der Waals surface area contributed by atoms with Crippen molar-refractivity contribution in [1.29, 1.82) is 0 Å². The standard InChI is InChI=1S/C14H25ClN4/c1-4-12-14(15)13(19(5-2)17-12)10-18(3)11-6-8-16-9-7-11/h11,16H,4-10H2,1-3H3. The molecular formula is C14H25ClN4. The normalized spacial score (nSPS) is 17.3. The molecule has 1 N–H and O–H groups in total. The average molecular weight is 285 g/mol. The fraction of sp³-hybridized carbons (Fsp3) is 0.786. The molecule has 1 fully saturated rings. The molecule has 1 aromatic rings. The van der Waals surface area contributed by atoms with Gasteiger partial charge in [-0.15, -0.1) is 0 Å². The first-order valence-corrected chi connectivity index (χ1v) is 7.70. The Morgan fingerprint density at radius 2 is 2.05 bits per heavy atom. The van der Waals surface area contributed by atoms with Crippen LogP contribution in [-0.4, -0.2) is 40.9 Å². The molecule has 0 atom stereocenters. The van der Waals surface area contributed by atoms with Crippen molar-refractivity contribution in [3.8, 4) is 0 Å². The van der Waals surface area contributed by atoms with Gasteiger partial charge in [0.05, 0.1) is 16.4 Å². The molecule has 4 nitrogen and oxygen atoms in total. The third-order valence-corrected chi connectivity index (χ3v) is 4.46. The van der Waals surface area contributed by atoms with Gasteiger partial charge >= 0.3 is 0 Å². The summed E-state index contributed by atoms with van der Waals surface area (Å²) in [6.45, 7) is 8.25. The van der Waals surface area contributed by atoms with Gasteiger partial charge in [0.2, 0.25) is 0 Å². The molecule has 108 valence electrons. The molecule has 1 saturated heterocycles. The second-order valence-corrected chi connectivity index (χ2v) is 5.65. The van der Waals surface area contributed by atoms with Crippen LogP contribution in [0.2, 0.25) is 5.02 Å². The Morgan fingerprint density at radius 3 is 2.63 bits per heavy atom. The van der Waals surface area contributed by atoms with E-state index in [1.165, 1.54) is 18.5 Å². The molecule has 0 saturated carbocycles. The Labute approximate surface area is 121 Å². The number of rotatable bonds is 5. The number of aromatic nitrogens is 2. The smallest absolute Gasteiger partial charge is 0.0863 e. The lowest BCUT2D eigenvalue weighted by Crippen LogP contribution is -2.41. The summed E-state index contributed by atoms with van der Waals surface area (Å²) in [5.74, 6) is 0. The van der Waals surface area contributed by atoms with Crippen molar-refractivity contribution in [3.05, 3.63) is 16.4 Å². The first-order valence-electron chi connectivity index (χ1n) is 7.32. The van der Waals surface area contributed by atoms with Gasteiger partial charge in [-0.1, -0.05) is 18.5 Å². The van der Waals surface area contributed by atoms with Crippen LogP contribution < -0.4 is 5.32 Å². The summed E-state index contributed by atoms with van der Waals surface area (Å²) >= 11 is 6.47. The van der Waals surface area contributed by atoms with Crippen LogP contribution in [0.15, 0.2) is 0 Å². The van der Waals surface area contributed by atoms with Gasteiger partial charge in [0.25, 0.3) is 0 Å². The summed E-state index contributed by atoms with van der Waals surface area (Å²) < 4.78 is 2.05. The molecule has 0 aromatic carbocycles. The Bertz CT molecular complexity index is 410. The van der Waals surface area contributed by atoms with E-state index in [-0.39, 0.29) is 0 Å². The zero-order valence-corrected chi connectivity index (χ0v) is 13.0. The lowest BCUT2D eigenvalue weighted by Gasteiger charge is -2.31. The lowest BCUT2D eigenvalue weighted by molar-refractivity contribution is 0.187. The van der Waals surface area contributed by atoms with Crippen LogP contribution in [0.5, 0.6) is 0 Å². The molecule has 1 aliphatic heterocycles. The van der Waals surface area contributed by atoms with Gasteiger partial charge in [0, 0.05) is 19.1 Å². The van der Waals surface area contributed by atoms with Crippen LogP contribution in [0.3, 0.4) is 0 Å². The molecule has 0 spiro atoms. The van der Waals surface area contributed by atoms with Crippen molar-refractivity contribution in [3.63, 3.8) is 0 Å². The molecule has 19 heavy (non-hydrogen) atoms. The number of nitrogens with zero attached hydrogens (tertiary/aromatic N) is 3. The molecule has 0 unspecified atom stereocenters. The van der Waals surface area contributed by atoms with Gasteiger partial charge in [-0.05, 0) is 46.3 Å². The zero-order valence-electron chi connectivity index (χ0n) is 12.2. The van der Waals surface area contributed by atoms with Crippen molar-refractivity contribution in [2.24, 2.45) is 0 Å². The minimum Gasteiger partial charge on any atom is -0.317 e. The lowest BCUT2D eigenvalue weighted by atomic mass is 10.1. The van der Waals surface area contributed by atoms with Gasteiger partial charge in [-0.25, -0.2) is 0 Å². The zero-order chi connectivity index (χ0) is 13.8. The summed E-state index contributed by atoms with van der Waals surface area (Å²) in [5.41, 5.74) is 2.19. The van der Waals surface area contributed by atoms with Crippen LogP contribution in [0.4, 0.5) is 0 Å². The van der Waals surface area contributed by atoms with Crippen molar-refractivity contribution < 1.29 is 0 Å². The minimum atomic E-state index is 0.655. The first kappa shape index (κ1) is 14.8. The molecule has 2 heterocycles. The predicted molar refractivity (Wildman–Crippen MR) is 79.6 cm³/mol. The second kappa shape index (κ2) is 6.73. The van der Waals surface area contributed by atoms with E-state index in [0.29, 0.717) is 6.04 Å². The molecule has 5 heteroatoms. The molecular weight excluding hydrogens is 260 g/mol. The fourth-order valence-corrected chi connectivity index (χ4v) is 3.11. The second-order valence-electron chi connectivity index (χ2n) is 5.27. The largest absolute Gasteiger partial charge is 0.317 e. The summed E-state index contributed by atoms with van der Waals surface area (Å²) in [5, 5.41) is 8.87. The van der Waals surface area contributed by atoms with Gasteiger partial charge in [0.15, 0.2) is 0 Å². The number of hydrogen-bond acceptors (Lipinski definition) is 3. The number of hydrogen-bond donors (Lipinski definition) is 1. The van der Waals surface area contributed by atoms with E-state index in [0.717, 1.165) is 43.3 Å². The Balaban J connectivity index is 2.10. The van der Waals surface area contributed by atoms with Crippen LogP contribution >= 0.6 is 11.6 Å². The summed E-state index contributed by atoms with van der Waals surface area (Å²) in [4.78, 5) is 2.43. The number of halogens is 1. The van der Waals surface area contributed by atoms with E-state index in [1.54, 1.807) is 0 Å². The van der Waals surface area contributed by atoms with Crippen molar-refractivity contribution in [2.45, 2.75) is 52.2 Å². The van der Waals surface area contributed by atoms with Crippen molar-refractivity contribution in [1.82, 2.24) is 20.0 Å². The average Bonchev–Trinajstić information content (AvgIpc) is 2.76. The third kappa shape index (κ3) is 3.30. The van der Waals surface area contributed by atoms with Crippen molar-refractivity contribution >= 4 is 11.6 Å². The molecule has 2 rings (SSSR count). The fourth-order valence-electron chi connectivity index (χ4n) is 2.78. The molecule has 0 radical (unpaired) electrons. The quantitative estimate of drug-likeness (QED) is 0.901. The van der Waals surface area contributed by atoms with Gasteiger partial charge in [-0.3, -0.25) is 9.58 Å². The van der Waals surface area contributed by atoms with E-state index in [1.807, 2.05) is 0 Å². The van der Waals surface area contributed by atoms with Gasteiger partial charge in [-0.2, -0.15) is 5.10 Å². The Kier molecular flexibility index (Phi) is 5.25. The van der Waals surface area contributed by atoms with Crippen molar-refractivity contribution in [2.75, 3.05) is 20.1 Å². The van der Waals surface area contributed by atoms with Gasteiger partial charge < -0.3 is 5.32 Å². The maximum Gasteiger partial charge on any atom is 0.0863 e. The Hall–Kier alpha value is -0.580. The highest BCUT2D eigenvalue weighted by atomic mass is 35.5. The van der Waals surface area contributed by atoms with Crippen LogP contribution in [0.1, 0.15) is 38.1 Å². The van der Waals surface area contributed by atoms with Crippen LogP contribution in [-0.2, 0) is 19.5 Å². The van der Waals surface area contributed by atoms with E-state index in [2.05, 4.69) is 40.9 Å². The summed E-state index contributed by atoms with van der Waals surface area (Å²) in [6.07, 6.45) is 3.33. The van der Waals surface area contributed by atoms with E-state index in [9.17, 15) is 0 Å². The monoisotopic (exact) mass is 284 g/mol. The molecule has 1 aliphatic rings. The van der Waals surface area contributed by atoms with E-state index >= 15 is 0 Å². The minimum absolute atomic E-state index is 0.655. The maximum atomic E-state index is 6.47. The highest BCUT2D eigenvalue weighted by Gasteiger charge is 2.21. The maximum absolute atomic E-state index is 6.47. The van der Waals surface area contributed by atoms with E-state index < -0.39 is 0 Å². The SMILES string of the molecule is CCc1nn(CC)c(CN(C)C2CCNCC2)c1Cl. The van der Waals surface area contributed by atoms with E-state index in [4.69, 9.17) is 11.6 Å². The molecule has 0 bridgehead atoms. The highest BCUT2D eigenvalue weighted by molar-refractivity contribution is 6.31. The molecule has 0 aliphatic carbocycles. The highest BCUT2D eigenvalue weighted by Crippen LogP contribution is 2.24.